The zero-order chi connectivity index (χ0) is 20.4. The Hall–Kier alpha value is -3.62. The fourth-order valence-electron chi connectivity index (χ4n) is 2.58. The Morgan fingerprint density at radius 3 is 2.45 bits per heavy atom. The molecule has 4 aromatic rings. The van der Waals surface area contributed by atoms with Gasteiger partial charge in [-0.3, -0.25) is 9.97 Å². The monoisotopic (exact) mass is 401 g/mol. The van der Waals surface area contributed by atoms with Crippen molar-refractivity contribution in [1.82, 2.24) is 15.0 Å². The summed E-state index contributed by atoms with van der Waals surface area (Å²) in [5.41, 5.74) is 1.09. The third-order valence-corrected chi connectivity index (χ3v) is 4.08. The highest BCUT2D eigenvalue weighted by Gasteiger charge is 2.32. The van der Waals surface area contributed by atoms with Crippen LogP contribution in [-0.2, 0) is 12.8 Å². The molecule has 0 saturated carbocycles. The molecular formula is C20H14F3N3O3. The summed E-state index contributed by atoms with van der Waals surface area (Å²) >= 11 is 0. The van der Waals surface area contributed by atoms with Gasteiger partial charge in [-0.25, -0.2) is 4.98 Å². The first-order valence-corrected chi connectivity index (χ1v) is 8.48. The molecule has 6 nitrogen and oxygen atoms in total. The Kier molecular flexibility index (Phi) is 4.79. The SMILES string of the molecule is COc1ccc(COc2ccc3oc(-c4ccc(C(F)(F)F)nc4)nc3c2)nc1. The standard InChI is InChI=1S/C20H14F3N3O3/c1-27-15-4-3-13(24-10-15)11-28-14-5-6-17-16(8-14)26-19(29-17)12-2-7-18(25-9-12)20(21,22)23/h2-10H,11H2,1H3. The number of rotatable bonds is 5. The van der Waals surface area contributed by atoms with Crippen molar-refractivity contribution in [1.29, 1.82) is 0 Å². The van der Waals surface area contributed by atoms with Gasteiger partial charge in [0.25, 0.3) is 0 Å². The van der Waals surface area contributed by atoms with Gasteiger partial charge in [-0.2, -0.15) is 13.2 Å². The number of oxazole rings is 1. The first-order chi connectivity index (χ1) is 13.9. The molecular weight excluding hydrogens is 387 g/mol. The van der Waals surface area contributed by atoms with Crippen molar-refractivity contribution in [2.75, 3.05) is 7.11 Å². The van der Waals surface area contributed by atoms with Crippen molar-refractivity contribution in [3.8, 4) is 23.0 Å². The lowest BCUT2D eigenvalue weighted by atomic mass is 10.2. The Morgan fingerprint density at radius 1 is 0.966 bits per heavy atom. The second kappa shape index (κ2) is 7.42. The molecule has 1 aromatic carbocycles. The fourth-order valence-corrected chi connectivity index (χ4v) is 2.58. The minimum atomic E-state index is -4.50. The number of hydrogen-bond acceptors (Lipinski definition) is 6. The molecule has 0 radical (unpaired) electrons. The Morgan fingerprint density at radius 2 is 1.79 bits per heavy atom. The molecule has 0 aliphatic carbocycles. The molecule has 0 N–H and O–H groups in total. The molecule has 0 fully saturated rings. The van der Waals surface area contributed by atoms with Crippen LogP contribution in [-0.4, -0.2) is 22.1 Å². The summed E-state index contributed by atoms with van der Waals surface area (Å²) in [5.74, 6) is 1.39. The molecule has 0 amide bonds. The van der Waals surface area contributed by atoms with Gasteiger partial charge in [0.05, 0.1) is 24.6 Å². The van der Waals surface area contributed by atoms with Crippen molar-refractivity contribution < 1.29 is 27.1 Å². The highest BCUT2D eigenvalue weighted by molar-refractivity contribution is 5.77. The zero-order valence-corrected chi connectivity index (χ0v) is 15.1. The van der Waals surface area contributed by atoms with Gasteiger partial charge in [-0.15, -0.1) is 0 Å². The molecule has 0 unspecified atom stereocenters. The summed E-state index contributed by atoms with van der Waals surface area (Å²) in [5, 5.41) is 0. The average Bonchev–Trinajstić information content (AvgIpc) is 3.15. The largest absolute Gasteiger partial charge is 0.495 e. The molecule has 29 heavy (non-hydrogen) atoms. The zero-order valence-electron chi connectivity index (χ0n) is 15.1. The van der Waals surface area contributed by atoms with Crippen LogP contribution in [0.4, 0.5) is 13.2 Å². The van der Waals surface area contributed by atoms with Gasteiger partial charge >= 0.3 is 6.18 Å². The van der Waals surface area contributed by atoms with Gasteiger partial charge < -0.3 is 13.9 Å². The number of hydrogen-bond donors (Lipinski definition) is 0. The number of halogens is 3. The Balaban J connectivity index is 1.51. The van der Waals surface area contributed by atoms with Crippen LogP contribution in [0.25, 0.3) is 22.6 Å². The maximum absolute atomic E-state index is 12.6. The van der Waals surface area contributed by atoms with E-state index in [4.69, 9.17) is 13.9 Å². The van der Waals surface area contributed by atoms with E-state index in [1.807, 2.05) is 0 Å². The first kappa shape index (κ1) is 18.7. The fraction of sp³-hybridized carbons (Fsp3) is 0.150. The van der Waals surface area contributed by atoms with Crippen LogP contribution < -0.4 is 9.47 Å². The maximum Gasteiger partial charge on any atom is 0.433 e. The summed E-state index contributed by atoms with van der Waals surface area (Å²) in [6, 6.07) is 10.8. The molecule has 148 valence electrons. The Bertz CT molecular complexity index is 1120. The van der Waals surface area contributed by atoms with Gasteiger partial charge in [-0.1, -0.05) is 0 Å². The number of alkyl halides is 3. The van der Waals surface area contributed by atoms with Gasteiger partial charge in [0.2, 0.25) is 5.89 Å². The second-order valence-corrected chi connectivity index (χ2v) is 6.06. The molecule has 3 heterocycles. The number of aromatic nitrogens is 3. The third kappa shape index (κ3) is 4.13. The summed E-state index contributed by atoms with van der Waals surface area (Å²) in [6.07, 6.45) is -1.81. The predicted octanol–water partition coefficient (Wildman–Crippen LogP) is 4.89. The lowest BCUT2D eigenvalue weighted by molar-refractivity contribution is -0.141. The minimum absolute atomic E-state index is 0.176. The van der Waals surface area contributed by atoms with Crippen molar-refractivity contribution in [2.24, 2.45) is 0 Å². The summed E-state index contributed by atoms with van der Waals surface area (Å²) in [7, 11) is 1.56. The average molecular weight is 401 g/mol. The van der Waals surface area contributed by atoms with Gasteiger partial charge in [0, 0.05) is 12.3 Å². The van der Waals surface area contributed by atoms with Crippen molar-refractivity contribution >= 4 is 11.1 Å². The van der Waals surface area contributed by atoms with Crippen LogP contribution in [0.1, 0.15) is 11.4 Å². The number of nitrogens with zero attached hydrogens (tertiary/aromatic N) is 3. The lowest BCUT2D eigenvalue weighted by Gasteiger charge is -2.06. The van der Waals surface area contributed by atoms with Crippen LogP contribution in [0.5, 0.6) is 11.5 Å². The number of fused-ring (bicyclic) bond motifs is 1. The molecule has 0 spiro atoms. The van der Waals surface area contributed by atoms with Crippen molar-refractivity contribution in [2.45, 2.75) is 12.8 Å². The van der Waals surface area contributed by atoms with Crippen molar-refractivity contribution in [3.05, 3.63) is 66.2 Å². The second-order valence-electron chi connectivity index (χ2n) is 6.06. The molecule has 0 bridgehead atoms. The smallest absolute Gasteiger partial charge is 0.433 e. The van der Waals surface area contributed by atoms with E-state index in [0.29, 0.717) is 28.2 Å². The molecule has 0 atom stereocenters. The predicted molar refractivity (Wildman–Crippen MR) is 97.4 cm³/mol. The van der Waals surface area contributed by atoms with E-state index in [1.165, 1.54) is 6.07 Å². The number of methoxy groups -OCH3 is 1. The van der Waals surface area contributed by atoms with Gasteiger partial charge in [0.15, 0.2) is 5.58 Å². The summed E-state index contributed by atoms with van der Waals surface area (Å²) < 4.78 is 54.3. The van der Waals surface area contributed by atoms with Crippen LogP contribution in [0, 0.1) is 0 Å². The molecule has 4 rings (SSSR count). The van der Waals surface area contributed by atoms with Gasteiger partial charge in [-0.05, 0) is 36.4 Å². The molecule has 3 aromatic heterocycles. The highest BCUT2D eigenvalue weighted by Crippen LogP contribution is 2.30. The van der Waals surface area contributed by atoms with E-state index in [2.05, 4.69) is 15.0 Å². The normalized spacial score (nSPS) is 11.6. The summed E-state index contributed by atoms with van der Waals surface area (Å²) in [6.45, 7) is 0.253. The van der Waals surface area contributed by atoms with Crippen LogP contribution in [0.2, 0.25) is 0 Å². The molecule has 0 aliphatic rings. The topological polar surface area (TPSA) is 70.3 Å². The number of ether oxygens (including phenoxy) is 2. The van der Waals surface area contributed by atoms with E-state index in [-0.39, 0.29) is 12.5 Å². The summed E-state index contributed by atoms with van der Waals surface area (Å²) in [4.78, 5) is 12.0. The maximum atomic E-state index is 12.6. The van der Waals surface area contributed by atoms with Crippen LogP contribution in [0.15, 0.2) is 59.3 Å². The lowest BCUT2D eigenvalue weighted by Crippen LogP contribution is -2.07. The highest BCUT2D eigenvalue weighted by atomic mass is 19.4. The molecule has 0 saturated heterocycles. The first-order valence-electron chi connectivity index (χ1n) is 8.48. The van der Waals surface area contributed by atoms with Crippen LogP contribution in [0.3, 0.4) is 0 Å². The number of pyridine rings is 2. The Labute approximate surface area is 162 Å². The van der Waals surface area contributed by atoms with Crippen molar-refractivity contribution in [3.63, 3.8) is 0 Å². The molecule has 9 heteroatoms. The molecule has 0 aliphatic heterocycles. The van der Waals surface area contributed by atoms with E-state index in [0.717, 1.165) is 18.0 Å². The van der Waals surface area contributed by atoms with E-state index in [1.54, 1.807) is 43.6 Å². The van der Waals surface area contributed by atoms with E-state index < -0.39 is 11.9 Å². The number of benzene rings is 1. The van der Waals surface area contributed by atoms with Crippen LogP contribution >= 0.6 is 0 Å². The minimum Gasteiger partial charge on any atom is -0.495 e. The van der Waals surface area contributed by atoms with E-state index in [9.17, 15) is 13.2 Å². The third-order valence-electron chi connectivity index (χ3n) is 4.08. The van der Waals surface area contributed by atoms with Gasteiger partial charge in [0.1, 0.15) is 29.3 Å². The quantitative estimate of drug-likeness (QED) is 0.474. The van der Waals surface area contributed by atoms with E-state index >= 15 is 0 Å².